The second-order valence-corrected chi connectivity index (χ2v) is 8.40. The van der Waals surface area contributed by atoms with Gasteiger partial charge >= 0.3 is 0 Å². The number of anilines is 2. The molecule has 0 spiro atoms. The van der Waals surface area contributed by atoms with Crippen LogP contribution in [0.2, 0.25) is 0 Å². The molecule has 0 aliphatic carbocycles. The molecule has 0 bridgehead atoms. The number of carbonyl (C=O) groups excluding carboxylic acids is 1. The first-order valence-corrected chi connectivity index (χ1v) is 10.1. The van der Waals surface area contributed by atoms with Crippen LogP contribution in [0.4, 0.5) is 11.4 Å². The van der Waals surface area contributed by atoms with Gasteiger partial charge in [0.25, 0.3) is 5.91 Å². The van der Waals surface area contributed by atoms with Gasteiger partial charge in [0.1, 0.15) is 0 Å². The molecule has 0 fully saturated rings. The number of carbonyl (C=O) groups is 1. The highest BCUT2D eigenvalue weighted by molar-refractivity contribution is 7.89. The van der Waals surface area contributed by atoms with E-state index in [4.69, 9.17) is 5.14 Å². The topological polar surface area (TPSA) is 96.1 Å². The Morgan fingerprint density at radius 1 is 1.11 bits per heavy atom. The quantitative estimate of drug-likeness (QED) is 0.801. The molecular weight excluding hydrogens is 376 g/mol. The van der Waals surface area contributed by atoms with Crippen LogP contribution >= 0.6 is 0 Å². The Morgan fingerprint density at radius 2 is 1.82 bits per heavy atom. The molecule has 3 rings (SSSR count). The standard InChI is InChI=1S/C20H22N4O3S/c1-13-10-16(23(3)4)9-8-15(13)11-19-14(2)22-24(20(19)25)17-6-5-7-18(12-17)28(21,26)27/h5-12H,1-4H3,(H2,21,26,27)/b19-11+. The summed E-state index contributed by atoms with van der Waals surface area (Å²) >= 11 is 0. The molecule has 0 saturated heterocycles. The van der Waals surface area contributed by atoms with E-state index in [-0.39, 0.29) is 10.8 Å². The number of aryl methyl sites for hydroxylation is 1. The van der Waals surface area contributed by atoms with Crippen LogP contribution in [0, 0.1) is 6.92 Å². The molecular formula is C20H22N4O3S. The maximum atomic E-state index is 12.9. The lowest BCUT2D eigenvalue weighted by Crippen LogP contribution is -2.22. The van der Waals surface area contributed by atoms with E-state index in [9.17, 15) is 13.2 Å². The summed E-state index contributed by atoms with van der Waals surface area (Å²) in [6, 6.07) is 11.8. The molecule has 0 unspecified atom stereocenters. The fraction of sp³-hybridized carbons (Fsp3) is 0.200. The first-order chi connectivity index (χ1) is 13.1. The monoisotopic (exact) mass is 398 g/mol. The largest absolute Gasteiger partial charge is 0.378 e. The van der Waals surface area contributed by atoms with E-state index in [0.29, 0.717) is 17.0 Å². The second kappa shape index (κ2) is 7.21. The molecule has 1 amide bonds. The van der Waals surface area contributed by atoms with Crippen molar-refractivity contribution in [1.82, 2.24) is 0 Å². The molecule has 2 aromatic rings. The summed E-state index contributed by atoms with van der Waals surface area (Å²) in [4.78, 5) is 14.9. The van der Waals surface area contributed by atoms with Gasteiger partial charge in [0.05, 0.1) is 21.9 Å². The smallest absolute Gasteiger partial charge is 0.280 e. The van der Waals surface area contributed by atoms with E-state index in [2.05, 4.69) is 5.10 Å². The van der Waals surface area contributed by atoms with Gasteiger partial charge in [0.15, 0.2) is 0 Å². The van der Waals surface area contributed by atoms with Gasteiger partial charge < -0.3 is 4.90 Å². The molecule has 0 aromatic heterocycles. The molecule has 1 aliphatic heterocycles. The van der Waals surface area contributed by atoms with Crippen molar-refractivity contribution < 1.29 is 13.2 Å². The zero-order valence-corrected chi connectivity index (χ0v) is 17.0. The number of nitrogens with zero attached hydrogens (tertiary/aromatic N) is 3. The summed E-state index contributed by atoms with van der Waals surface area (Å²) in [6.45, 7) is 3.73. The number of sulfonamides is 1. The van der Waals surface area contributed by atoms with Gasteiger partial charge in [-0.2, -0.15) is 10.1 Å². The number of rotatable bonds is 4. The maximum absolute atomic E-state index is 12.9. The molecule has 0 radical (unpaired) electrons. The Morgan fingerprint density at radius 3 is 2.43 bits per heavy atom. The summed E-state index contributed by atoms with van der Waals surface area (Å²) in [5.74, 6) is -0.319. The summed E-state index contributed by atoms with van der Waals surface area (Å²) < 4.78 is 23.2. The lowest BCUT2D eigenvalue weighted by Gasteiger charge is -2.14. The Hall–Kier alpha value is -2.97. The van der Waals surface area contributed by atoms with E-state index in [1.54, 1.807) is 19.1 Å². The third-order valence-electron chi connectivity index (χ3n) is 4.52. The molecule has 28 heavy (non-hydrogen) atoms. The summed E-state index contributed by atoms with van der Waals surface area (Å²) in [7, 11) is 0.0702. The Kier molecular flexibility index (Phi) is 5.10. The Bertz CT molecular complexity index is 1120. The van der Waals surface area contributed by atoms with E-state index >= 15 is 0 Å². The minimum Gasteiger partial charge on any atom is -0.378 e. The molecule has 146 valence electrons. The van der Waals surface area contributed by atoms with Crippen LogP contribution in [0.25, 0.3) is 6.08 Å². The van der Waals surface area contributed by atoms with Crippen molar-refractivity contribution >= 4 is 39.1 Å². The molecule has 2 N–H and O–H groups in total. The Labute approximate surface area is 164 Å². The van der Waals surface area contributed by atoms with Gasteiger partial charge in [0.2, 0.25) is 10.0 Å². The fourth-order valence-corrected chi connectivity index (χ4v) is 3.46. The molecule has 2 aromatic carbocycles. The van der Waals surface area contributed by atoms with Gasteiger partial charge in [-0.05, 0) is 61.4 Å². The SMILES string of the molecule is CC1=NN(c2cccc(S(N)(=O)=O)c2)C(=O)/C1=C/c1ccc(N(C)C)cc1C. The van der Waals surface area contributed by atoms with Gasteiger partial charge in [-0.25, -0.2) is 13.6 Å². The average molecular weight is 398 g/mol. The highest BCUT2D eigenvalue weighted by atomic mass is 32.2. The number of hydrogen-bond acceptors (Lipinski definition) is 5. The van der Waals surface area contributed by atoms with Crippen molar-refractivity contribution in [3.05, 3.63) is 59.2 Å². The molecule has 8 heteroatoms. The summed E-state index contributed by atoms with van der Waals surface area (Å²) in [5, 5.41) is 10.7. The van der Waals surface area contributed by atoms with Crippen LogP contribution in [0.1, 0.15) is 18.1 Å². The number of benzene rings is 2. The van der Waals surface area contributed by atoms with Gasteiger partial charge in [-0.1, -0.05) is 12.1 Å². The highest BCUT2D eigenvalue weighted by Crippen LogP contribution is 2.28. The average Bonchev–Trinajstić information content (AvgIpc) is 2.90. The van der Waals surface area contributed by atoms with E-state index in [0.717, 1.165) is 16.8 Å². The maximum Gasteiger partial charge on any atom is 0.280 e. The predicted octanol–water partition coefficient (Wildman–Crippen LogP) is 2.51. The van der Waals surface area contributed by atoms with Gasteiger partial charge in [-0.15, -0.1) is 0 Å². The number of hydrazone groups is 1. The minimum absolute atomic E-state index is 0.0711. The lowest BCUT2D eigenvalue weighted by atomic mass is 10.0. The number of nitrogens with two attached hydrogens (primary N) is 1. The van der Waals surface area contributed by atoms with Crippen LogP contribution in [0.3, 0.4) is 0 Å². The van der Waals surface area contributed by atoms with E-state index in [1.807, 2.05) is 44.1 Å². The van der Waals surface area contributed by atoms with E-state index in [1.165, 1.54) is 23.2 Å². The van der Waals surface area contributed by atoms with Gasteiger partial charge in [-0.3, -0.25) is 4.79 Å². The van der Waals surface area contributed by atoms with Crippen molar-refractivity contribution in [2.45, 2.75) is 18.7 Å². The zero-order valence-electron chi connectivity index (χ0n) is 16.2. The van der Waals surface area contributed by atoms with Crippen molar-refractivity contribution in [2.75, 3.05) is 24.0 Å². The minimum atomic E-state index is -3.87. The van der Waals surface area contributed by atoms with Crippen molar-refractivity contribution in [1.29, 1.82) is 0 Å². The van der Waals surface area contributed by atoms with Crippen molar-refractivity contribution in [3.63, 3.8) is 0 Å². The normalized spacial score (nSPS) is 15.9. The van der Waals surface area contributed by atoms with Crippen LogP contribution in [-0.2, 0) is 14.8 Å². The third kappa shape index (κ3) is 3.83. The van der Waals surface area contributed by atoms with Crippen LogP contribution in [0.15, 0.2) is 58.0 Å². The molecule has 0 saturated carbocycles. The van der Waals surface area contributed by atoms with Crippen LogP contribution in [0.5, 0.6) is 0 Å². The third-order valence-corrected chi connectivity index (χ3v) is 5.43. The molecule has 0 atom stereocenters. The first-order valence-electron chi connectivity index (χ1n) is 8.60. The molecule has 1 heterocycles. The van der Waals surface area contributed by atoms with Gasteiger partial charge in [0, 0.05) is 19.8 Å². The van der Waals surface area contributed by atoms with Crippen molar-refractivity contribution in [3.8, 4) is 0 Å². The number of primary sulfonamides is 1. The second-order valence-electron chi connectivity index (χ2n) is 6.84. The summed E-state index contributed by atoms with van der Waals surface area (Å²) in [5.41, 5.74) is 4.39. The number of hydrogen-bond donors (Lipinski definition) is 1. The lowest BCUT2D eigenvalue weighted by molar-refractivity contribution is -0.114. The Balaban J connectivity index is 1.97. The van der Waals surface area contributed by atoms with E-state index < -0.39 is 10.0 Å². The number of amides is 1. The van der Waals surface area contributed by atoms with Crippen LogP contribution in [-0.4, -0.2) is 34.1 Å². The highest BCUT2D eigenvalue weighted by Gasteiger charge is 2.29. The van der Waals surface area contributed by atoms with Crippen LogP contribution < -0.4 is 15.0 Å². The predicted molar refractivity (Wildman–Crippen MR) is 112 cm³/mol. The summed E-state index contributed by atoms with van der Waals surface area (Å²) in [6.07, 6.45) is 1.81. The molecule has 1 aliphatic rings. The van der Waals surface area contributed by atoms with Crippen molar-refractivity contribution in [2.24, 2.45) is 10.2 Å². The fourth-order valence-electron chi connectivity index (χ4n) is 2.91. The molecule has 7 nitrogen and oxygen atoms in total. The first kappa shape index (κ1) is 19.8. The zero-order chi connectivity index (χ0) is 20.6.